The van der Waals surface area contributed by atoms with E-state index in [9.17, 15) is 9.59 Å². The highest BCUT2D eigenvalue weighted by Gasteiger charge is 2.29. The molecule has 2 fully saturated rings. The van der Waals surface area contributed by atoms with Crippen molar-refractivity contribution in [3.63, 3.8) is 0 Å². The molecule has 0 radical (unpaired) electrons. The van der Waals surface area contributed by atoms with Gasteiger partial charge in [-0.15, -0.1) is 0 Å². The number of nitrogens with one attached hydrogen (secondary N) is 1. The lowest BCUT2D eigenvalue weighted by atomic mass is 9.87. The summed E-state index contributed by atoms with van der Waals surface area (Å²) < 4.78 is 0. The van der Waals surface area contributed by atoms with Crippen LogP contribution in [0.5, 0.6) is 0 Å². The van der Waals surface area contributed by atoms with Crippen LogP contribution in [0.15, 0.2) is 54.6 Å². The minimum absolute atomic E-state index is 0.0146. The summed E-state index contributed by atoms with van der Waals surface area (Å²) in [5, 5.41) is 3.24. The van der Waals surface area contributed by atoms with Crippen molar-refractivity contribution < 1.29 is 9.59 Å². The quantitative estimate of drug-likeness (QED) is 0.734. The number of likely N-dealkylation sites (tertiary alicyclic amines) is 1. The summed E-state index contributed by atoms with van der Waals surface area (Å²) in [5.74, 6) is 0.591. The predicted octanol–water partition coefficient (Wildman–Crippen LogP) is 4.77. The summed E-state index contributed by atoms with van der Waals surface area (Å²) >= 11 is 0. The van der Waals surface area contributed by atoms with Crippen molar-refractivity contribution in [1.29, 1.82) is 0 Å². The van der Waals surface area contributed by atoms with Gasteiger partial charge in [-0.25, -0.2) is 0 Å². The Labute approximate surface area is 186 Å². The molecule has 2 aromatic carbocycles. The van der Waals surface area contributed by atoms with E-state index in [-0.39, 0.29) is 17.9 Å². The summed E-state index contributed by atoms with van der Waals surface area (Å²) in [6.45, 7) is 1.52. The molecule has 1 aliphatic carbocycles. The van der Waals surface area contributed by atoms with Crippen molar-refractivity contribution in [1.82, 2.24) is 10.2 Å². The van der Waals surface area contributed by atoms with Crippen LogP contribution in [0.4, 0.5) is 0 Å². The fraction of sp³-hybridized carbons (Fsp3) is 0.481. The number of benzene rings is 2. The molecule has 4 rings (SSSR count). The number of amides is 2. The average molecular weight is 419 g/mol. The molecule has 4 nitrogen and oxygen atoms in total. The zero-order chi connectivity index (χ0) is 21.5. The van der Waals surface area contributed by atoms with Gasteiger partial charge in [-0.05, 0) is 55.7 Å². The maximum Gasteiger partial charge on any atom is 0.251 e. The Morgan fingerprint density at radius 1 is 0.806 bits per heavy atom. The fourth-order valence-electron chi connectivity index (χ4n) is 5.00. The summed E-state index contributed by atoms with van der Waals surface area (Å²) in [6.07, 6.45) is 9.20. The van der Waals surface area contributed by atoms with Gasteiger partial charge in [0.25, 0.3) is 5.91 Å². The summed E-state index contributed by atoms with van der Waals surface area (Å²) in [6, 6.07) is 18.5. The topological polar surface area (TPSA) is 49.4 Å². The van der Waals surface area contributed by atoms with E-state index in [1.54, 1.807) is 0 Å². The van der Waals surface area contributed by atoms with Crippen molar-refractivity contribution in [2.24, 2.45) is 5.92 Å². The van der Waals surface area contributed by atoms with Crippen molar-refractivity contribution in [3.8, 4) is 0 Å². The standard InChI is InChI=1S/C27H34N2O2/c30-26(25-14-8-7-11-22(25)16-15-21-9-3-1-4-10-21)28-24-17-19-29(20-18-24)27(31)23-12-5-2-6-13-23/h1,3-4,7-11,14,23-24H,2,5-6,12-13,15-20H2,(H,28,30). The zero-order valence-electron chi connectivity index (χ0n) is 18.4. The largest absolute Gasteiger partial charge is 0.349 e. The van der Waals surface area contributed by atoms with Gasteiger partial charge in [0.15, 0.2) is 0 Å². The van der Waals surface area contributed by atoms with Crippen LogP contribution in [-0.4, -0.2) is 35.8 Å². The number of nitrogens with zero attached hydrogens (tertiary/aromatic N) is 1. The van der Waals surface area contributed by atoms with Crippen molar-refractivity contribution in [2.45, 2.75) is 63.8 Å². The summed E-state index contributed by atoms with van der Waals surface area (Å²) in [4.78, 5) is 27.8. The molecule has 2 aliphatic rings. The minimum Gasteiger partial charge on any atom is -0.349 e. The first kappa shape index (κ1) is 21.6. The van der Waals surface area contributed by atoms with Crippen LogP contribution in [0.25, 0.3) is 0 Å². The van der Waals surface area contributed by atoms with Crippen LogP contribution >= 0.6 is 0 Å². The van der Waals surface area contributed by atoms with Gasteiger partial charge in [-0.3, -0.25) is 9.59 Å². The number of carbonyl (C=O) groups is 2. The highest BCUT2D eigenvalue weighted by Crippen LogP contribution is 2.26. The molecule has 1 N–H and O–H groups in total. The maximum atomic E-state index is 13.0. The number of hydrogen-bond donors (Lipinski definition) is 1. The molecule has 1 aliphatic heterocycles. The molecule has 0 bridgehead atoms. The monoisotopic (exact) mass is 418 g/mol. The summed E-state index contributed by atoms with van der Waals surface area (Å²) in [7, 11) is 0. The molecular weight excluding hydrogens is 384 g/mol. The summed E-state index contributed by atoms with van der Waals surface area (Å²) in [5.41, 5.74) is 3.15. The first-order valence-electron chi connectivity index (χ1n) is 11.9. The second kappa shape index (κ2) is 10.6. The van der Waals surface area contributed by atoms with Crippen LogP contribution in [0.2, 0.25) is 0 Å². The Morgan fingerprint density at radius 2 is 1.48 bits per heavy atom. The van der Waals surface area contributed by atoms with Crippen LogP contribution in [0.1, 0.15) is 66.4 Å². The molecule has 0 unspecified atom stereocenters. The predicted molar refractivity (Wildman–Crippen MR) is 124 cm³/mol. The van der Waals surface area contributed by atoms with Gasteiger partial charge in [0.2, 0.25) is 5.91 Å². The maximum absolute atomic E-state index is 13.0. The Kier molecular flexibility index (Phi) is 7.39. The van der Waals surface area contributed by atoms with Gasteiger partial charge in [-0.1, -0.05) is 67.8 Å². The highest BCUT2D eigenvalue weighted by molar-refractivity contribution is 5.95. The average Bonchev–Trinajstić information content (AvgIpc) is 2.84. The Hall–Kier alpha value is -2.62. The molecule has 1 heterocycles. The smallest absolute Gasteiger partial charge is 0.251 e. The molecule has 0 aromatic heterocycles. The number of piperidine rings is 1. The molecule has 2 amide bonds. The van der Waals surface area contributed by atoms with Crippen LogP contribution < -0.4 is 5.32 Å². The molecule has 2 aromatic rings. The third kappa shape index (κ3) is 5.75. The Bertz CT molecular complexity index is 866. The van der Waals surface area contributed by atoms with Crippen molar-refractivity contribution in [3.05, 3.63) is 71.3 Å². The molecule has 1 saturated heterocycles. The lowest BCUT2D eigenvalue weighted by Gasteiger charge is -2.35. The first-order valence-corrected chi connectivity index (χ1v) is 11.9. The highest BCUT2D eigenvalue weighted by atomic mass is 16.2. The lowest BCUT2D eigenvalue weighted by molar-refractivity contribution is -0.137. The van der Waals surface area contributed by atoms with E-state index >= 15 is 0 Å². The van der Waals surface area contributed by atoms with Crippen LogP contribution in [0, 0.1) is 5.92 Å². The normalized spacial score (nSPS) is 18.0. The number of hydrogen-bond acceptors (Lipinski definition) is 2. The Morgan fingerprint density at radius 3 is 2.23 bits per heavy atom. The Balaban J connectivity index is 1.29. The van der Waals surface area contributed by atoms with E-state index in [0.29, 0.717) is 5.91 Å². The number of aryl methyl sites for hydroxylation is 2. The zero-order valence-corrected chi connectivity index (χ0v) is 18.4. The molecule has 31 heavy (non-hydrogen) atoms. The molecular formula is C27H34N2O2. The van der Waals surface area contributed by atoms with E-state index in [2.05, 4.69) is 35.6 Å². The van der Waals surface area contributed by atoms with Crippen LogP contribution in [-0.2, 0) is 17.6 Å². The van der Waals surface area contributed by atoms with E-state index < -0.39 is 0 Å². The lowest BCUT2D eigenvalue weighted by Crippen LogP contribution is -2.48. The van der Waals surface area contributed by atoms with E-state index in [4.69, 9.17) is 0 Å². The minimum atomic E-state index is 0.0146. The first-order chi connectivity index (χ1) is 15.2. The van der Waals surface area contributed by atoms with Gasteiger partial charge in [0, 0.05) is 30.6 Å². The third-order valence-corrected chi connectivity index (χ3v) is 6.88. The molecule has 1 saturated carbocycles. The van der Waals surface area contributed by atoms with Crippen molar-refractivity contribution in [2.75, 3.05) is 13.1 Å². The van der Waals surface area contributed by atoms with Gasteiger partial charge < -0.3 is 10.2 Å². The van der Waals surface area contributed by atoms with Gasteiger partial charge in [-0.2, -0.15) is 0 Å². The molecule has 0 spiro atoms. The van der Waals surface area contributed by atoms with Gasteiger partial charge >= 0.3 is 0 Å². The third-order valence-electron chi connectivity index (χ3n) is 6.88. The van der Waals surface area contributed by atoms with E-state index in [1.807, 2.05) is 29.2 Å². The second-order valence-corrected chi connectivity index (χ2v) is 9.05. The van der Waals surface area contributed by atoms with Crippen molar-refractivity contribution >= 4 is 11.8 Å². The van der Waals surface area contributed by atoms with Crippen LogP contribution in [0.3, 0.4) is 0 Å². The SMILES string of the molecule is O=C(NC1CCN(C(=O)C2CCCCC2)CC1)c1ccccc1CCc1ccccc1. The number of rotatable bonds is 6. The van der Waals surface area contributed by atoms with E-state index in [1.165, 1.54) is 24.8 Å². The van der Waals surface area contributed by atoms with Gasteiger partial charge in [0.1, 0.15) is 0 Å². The van der Waals surface area contributed by atoms with Gasteiger partial charge in [0.05, 0.1) is 0 Å². The molecule has 4 heteroatoms. The second-order valence-electron chi connectivity index (χ2n) is 9.05. The number of carbonyl (C=O) groups excluding carboxylic acids is 2. The molecule has 164 valence electrons. The fourth-order valence-corrected chi connectivity index (χ4v) is 5.00. The molecule has 0 atom stereocenters. The van der Waals surface area contributed by atoms with E-state index in [0.717, 1.165) is 62.7 Å².